The second-order valence-corrected chi connectivity index (χ2v) is 19.8. The Morgan fingerprint density at radius 2 is 1.26 bits per heavy atom. The first-order valence-electron chi connectivity index (χ1n) is 23.9. The molecule has 2 aromatic heterocycles. The Balaban J connectivity index is 1.00. The summed E-state index contributed by atoms with van der Waals surface area (Å²) in [6.07, 6.45) is 8.78. The zero-order valence-corrected chi connectivity index (χ0v) is 38.1. The maximum absolute atomic E-state index is 7.13. The van der Waals surface area contributed by atoms with Gasteiger partial charge in [-0.1, -0.05) is 149 Å². The van der Waals surface area contributed by atoms with E-state index in [1.807, 2.05) is 0 Å². The summed E-state index contributed by atoms with van der Waals surface area (Å²) in [5.74, 6) is 2.31. The average Bonchev–Trinajstić information content (AvgIpc) is 3.97. The number of hydrogen-bond donors (Lipinski definition) is 0. The second-order valence-electron chi connectivity index (χ2n) is 19.8. The summed E-state index contributed by atoms with van der Waals surface area (Å²) in [4.78, 5) is 2.43. The molecule has 0 radical (unpaired) electrons. The van der Waals surface area contributed by atoms with Gasteiger partial charge in [-0.15, -0.1) is 0 Å². The van der Waals surface area contributed by atoms with E-state index >= 15 is 0 Å². The Morgan fingerprint density at radius 3 is 2.08 bits per heavy atom. The maximum Gasteiger partial charge on any atom is 0.159 e. The highest BCUT2D eigenvalue weighted by atomic mass is 16.3. The summed E-state index contributed by atoms with van der Waals surface area (Å²) in [6, 6.07) is 63.5. The van der Waals surface area contributed by atoms with E-state index in [1.54, 1.807) is 0 Å². The number of fused-ring (bicyclic) bond motifs is 11. The van der Waals surface area contributed by atoms with Crippen LogP contribution in [0.3, 0.4) is 0 Å². The highest BCUT2D eigenvalue weighted by Crippen LogP contribution is 2.52. The standard InChI is InChI=1S/C63H52N2O/c1-39-34-54-55-38-53(60-52-19-11-13-21-58(52)65(61(60)62(55)66-59(54)35-40(39)2)48-31-24-42-16-8-9-17-45(42)36-48)44-25-29-47(30-26-44)64(46-27-22-43(23-28-46)41-14-6-5-7-15-41)49-32-33-51-50-18-10-12-20-56(50)63(3,4)57(51)37-49/h5-7,9-15,17-33,36-40H,8,16,34-35H2,1-4H3. The smallest absolute Gasteiger partial charge is 0.159 e. The number of benzene rings is 8. The lowest BCUT2D eigenvalue weighted by Gasteiger charge is -2.28. The third kappa shape index (κ3) is 5.95. The zero-order chi connectivity index (χ0) is 44.3. The first-order chi connectivity index (χ1) is 32.3. The van der Waals surface area contributed by atoms with Gasteiger partial charge in [0.05, 0.1) is 11.0 Å². The van der Waals surface area contributed by atoms with Crippen LogP contribution in [0.25, 0.3) is 77.9 Å². The number of aryl methyl sites for hydroxylation is 1. The fourth-order valence-electron chi connectivity index (χ4n) is 11.8. The Labute approximate surface area is 387 Å². The molecule has 0 aliphatic heterocycles. The molecule has 3 aliphatic rings. The van der Waals surface area contributed by atoms with Gasteiger partial charge in [-0.3, -0.25) is 0 Å². The van der Waals surface area contributed by atoms with Crippen LogP contribution in [0.4, 0.5) is 17.1 Å². The minimum Gasteiger partial charge on any atom is -0.459 e. The number of furan rings is 1. The van der Waals surface area contributed by atoms with Gasteiger partial charge in [-0.25, -0.2) is 0 Å². The molecule has 0 N–H and O–H groups in total. The van der Waals surface area contributed by atoms with Crippen LogP contribution in [0.1, 0.15) is 67.7 Å². The fraction of sp³-hybridized carbons (Fsp3) is 0.175. The first kappa shape index (κ1) is 39.0. The maximum atomic E-state index is 7.13. The predicted molar refractivity (Wildman–Crippen MR) is 277 cm³/mol. The Morgan fingerprint density at radius 1 is 0.576 bits per heavy atom. The van der Waals surface area contributed by atoms with E-state index in [-0.39, 0.29) is 5.41 Å². The van der Waals surface area contributed by atoms with Crippen molar-refractivity contribution in [1.82, 2.24) is 4.57 Å². The third-order valence-corrected chi connectivity index (χ3v) is 15.5. The number of aromatic nitrogens is 1. The van der Waals surface area contributed by atoms with Gasteiger partial charge in [0.1, 0.15) is 5.76 Å². The minimum absolute atomic E-state index is 0.115. The summed E-state index contributed by atoms with van der Waals surface area (Å²) < 4.78 is 9.62. The van der Waals surface area contributed by atoms with Crippen LogP contribution in [0.5, 0.6) is 0 Å². The van der Waals surface area contributed by atoms with Crippen LogP contribution < -0.4 is 4.90 Å². The summed E-state index contributed by atoms with van der Waals surface area (Å²) in [6.45, 7) is 9.52. The van der Waals surface area contributed by atoms with Crippen LogP contribution in [-0.2, 0) is 24.7 Å². The quantitative estimate of drug-likeness (QED) is 0.166. The summed E-state index contributed by atoms with van der Waals surface area (Å²) in [7, 11) is 0. The van der Waals surface area contributed by atoms with Gasteiger partial charge in [-0.2, -0.15) is 0 Å². The summed E-state index contributed by atoms with van der Waals surface area (Å²) >= 11 is 0. The lowest BCUT2D eigenvalue weighted by molar-refractivity contribution is 0.330. The fourth-order valence-corrected chi connectivity index (χ4v) is 11.8. The van der Waals surface area contributed by atoms with Crippen molar-refractivity contribution in [2.45, 2.75) is 58.8 Å². The topological polar surface area (TPSA) is 21.3 Å². The molecule has 2 atom stereocenters. The molecule has 2 unspecified atom stereocenters. The minimum atomic E-state index is -0.115. The number of rotatable bonds is 6. The summed E-state index contributed by atoms with van der Waals surface area (Å²) in [5, 5.41) is 3.72. The van der Waals surface area contributed by atoms with Gasteiger partial charge in [0.15, 0.2) is 5.58 Å². The van der Waals surface area contributed by atoms with Crippen LogP contribution in [0.2, 0.25) is 0 Å². The molecule has 0 spiro atoms. The number of para-hydroxylation sites is 1. The molecule has 8 aromatic carbocycles. The molecule has 0 amide bonds. The molecule has 10 aromatic rings. The molecule has 3 nitrogen and oxygen atoms in total. The van der Waals surface area contributed by atoms with Crippen molar-refractivity contribution in [3.8, 4) is 39.1 Å². The highest BCUT2D eigenvalue weighted by molar-refractivity contribution is 6.23. The molecule has 3 heteroatoms. The largest absolute Gasteiger partial charge is 0.459 e. The van der Waals surface area contributed by atoms with Crippen LogP contribution in [0, 0.1) is 11.8 Å². The highest BCUT2D eigenvalue weighted by Gasteiger charge is 2.36. The van der Waals surface area contributed by atoms with Gasteiger partial charge in [-0.05, 0) is 147 Å². The summed E-state index contributed by atoms with van der Waals surface area (Å²) in [5.41, 5.74) is 22.2. The van der Waals surface area contributed by atoms with E-state index in [1.165, 1.54) is 88.6 Å². The Bertz CT molecular complexity index is 3580. The number of allylic oxidation sites excluding steroid dienone is 1. The van der Waals surface area contributed by atoms with Crippen molar-refractivity contribution in [2.75, 3.05) is 4.90 Å². The number of anilines is 3. The van der Waals surface area contributed by atoms with Crippen molar-refractivity contribution in [2.24, 2.45) is 11.8 Å². The predicted octanol–water partition coefficient (Wildman–Crippen LogP) is 17.0. The van der Waals surface area contributed by atoms with E-state index in [9.17, 15) is 0 Å². The monoisotopic (exact) mass is 852 g/mol. The molecule has 0 saturated heterocycles. The molecule has 0 bridgehead atoms. The molecule has 3 aliphatic carbocycles. The molecule has 66 heavy (non-hydrogen) atoms. The van der Waals surface area contributed by atoms with Gasteiger partial charge >= 0.3 is 0 Å². The third-order valence-electron chi connectivity index (χ3n) is 15.5. The van der Waals surface area contributed by atoms with E-state index in [0.29, 0.717) is 11.8 Å². The molecule has 0 saturated carbocycles. The van der Waals surface area contributed by atoms with E-state index in [2.05, 4.69) is 219 Å². The molecule has 2 heterocycles. The lowest BCUT2D eigenvalue weighted by atomic mass is 9.80. The number of nitrogens with zero attached hydrogens (tertiary/aromatic N) is 2. The first-order valence-corrected chi connectivity index (χ1v) is 23.9. The van der Waals surface area contributed by atoms with E-state index in [0.717, 1.165) is 59.6 Å². The van der Waals surface area contributed by atoms with E-state index < -0.39 is 0 Å². The van der Waals surface area contributed by atoms with Crippen molar-refractivity contribution in [3.05, 3.63) is 210 Å². The van der Waals surface area contributed by atoms with Crippen LogP contribution >= 0.6 is 0 Å². The lowest BCUT2D eigenvalue weighted by Crippen LogP contribution is -2.19. The molecular weight excluding hydrogens is 801 g/mol. The molecule has 0 fully saturated rings. The SMILES string of the molecule is CC1Cc2oc3c(cc(-c4ccc(N(c5ccc(-c6ccccc6)cc5)c5ccc6c(c5)C(C)(C)c5ccccc5-6)cc4)c4c5ccccc5n(-c5ccc6c(c5)C=CCC6)c34)c2CC1C. The van der Waals surface area contributed by atoms with Crippen molar-refractivity contribution >= 4 is 55.9 Å². The van der Waals surface area contributed by atoms with Crippen LogP contribution in [0.15, 0.2) is 180 Å². The molecule has 320 valence electrons. The van der Waals surface area contributed by atoms with Gasteiger partial charge in [0.2, 0.25) is 0 Å². The van der Waals surface area contributed by atoms with Crippen LogP contribution in [-0.4, -0.2) is 4.57 Å². The van der Waals surface area contributed by atoms with Crippen molar-refractivity contribution < 1.29 is 4.42 Å². The van der Waals surface area contributed by atoms with Gasteiger partial charge in [0, 0.05) is 56.3 Å². The van der Waals surface area contributed by atoms with Crippen molar-refractivity contribution in [1.29, 1.82) is 0 Å². The normalized spacial score (nSPS) is 16.9. The van der Waals surface area contributed by atoms with E-state index in [4.69, 9.17) is 4.42 Å². The van der Waals surface area contributed by atoms with Crippen molar-refractivity contribution in [3.63, 3.8) is 0 Å². The number of hydrogen-bond acceptors (Lipinski definition) is 2. The Kier molecular flexibility index (Phi) is 8.78. The second kappa shape index (κ2) is 14.8. The Hall–Kier alpha value is -7.36. The average molecular weight is 853 g/mol. The molecule has 13 rings (SSSR count). The molecular formula is C63H52N2O. The zero-order valence-electron chi connectivity index (χ0n) is 38.1. The van der Waals surface area contributed by atoms with Gasteiger partial charge < -0.3 is 13.9 Å². The van der Waals surface area contributed by atoms with Gasteiger partial charge in [0.25, 0.3) is 0 Å².